The van der Waals surface area contributed by atoms with Gasteiger partial charge in [-0.15, -0.1) is 0 Å². The summed E-state index contributed by atoms with van der Waals surface area (Å²) in [6.07, 6.45) is 9.39. The molecule has 1 spiro atoms. The highest BCUT2D eigenvalue weighted by Gasteiger charge is 2.47. The zero-order chi connectivity index (χ0) is 20.9. The average molecular weight is 408 g/mol. The Labute approximate surface area is 173 Å². The molecule has 1 aliphatic heterocycles. The molecule has 0 radical (unpaired) electrons. The van der Waals surface area contributed by atoms with Crippen molar-refractivity contribution in [2.75, 3.05) is 10.6 Å². The Kier molecular flexibility index (Phi) is 4.34. The van der Waals surface area contributed by atoms with Gasteiger partial charge in [-0.2, -0.15) is 0 Å². The van der Waals surface area contributed by atoms with E-state index in [0.29, 0.717) is 28.6 Å². The molecule has 9 nitrogen and oxygen atoms in total. The Balaban J connectivity index is 1.48. The highest BCUT2D eigenvalue weighted by molar-refractivity contribution is 5.99. The Bertz CT molecular complexity index is 1100. The molecule has 0 atom stereocenters. The van der Waals surface area contributed by atoms with Crippen LogP contribution in [-0.4, -0.2) is 26.3 Å². The highest BCUT2D eigenvalue weighted by atomic mass is 16.2. The minimum absolute atomic E-state index is 0.0445. The van der Waals surface area contributed by atoms with Crippen molar-refractivity contribution in [3.05, 3.63) is 40.1 Å². The van der Waals surface area contributed by atoms with Crippen molar-refractivity contribution in [3.63, 3.8) is 0 Å². The van der Waals surface area contributed by atoms with E-state index < -0.39 is 5.54 Å². The number of pyridine rings is 1. The first kappa shape index (κ1) is 18.8. The smallest absolute Gasteiger partial charge is 0.269 e. The topological polar surface area (TPSA) is 118 Å². The molecule has 3 heterocycles. The molecule has 0 aromatic carbocycles. The zero-order valence-electron chi connectivity index (χ0n) is 16.8. The van der Waals surface area contributed by atoms with E-state index in [4.69, 9.17) is 0 Å². The lowest BCUT2D eigenvalue weighted by Crippen LogP contribution is -2.43. The van der Waals surface area contributed by atoms with E-state index in [2.05, 4.69) is 25.9 Å². The van der Waals surface area contributed by atoms with Gasteiger partial charge in [0, 0.05) is 25.2 Å². The second kappa shape index (κ2) is 6.93. The van der Waals surface area contributed by atoms with Gasteiger partial charge in [0.2, 0.25) is 11.3 Å². The maximum atomic E-state index is 13.4. The van der Waals surface area contributed by atoms with Gasteiger partial charge in [-0.05, 0) is 25.7 Å². The number of fused-ring (bicyclic) bond motifs is 2. The standard InChI is InChI=1S/C21H24N6O3/c1-27-10-13(24-14-9-15(23-11-22-14)25-19(29)12-5-6-12)18(28)16-17(27)20(30)26-21(16)7-3-2-4-8-21/h9-12H,2-8H2,1H3,(H,26,30)(H2,22,23,24,25,29). The molecule has 5 rings (SSSR count). The molecule has 2 aromatic rings. The van der Waals surface area contributed by atoms with Crippen LogP contribution < -0.4 is 21.4 Å². The minimum atomic E-state index is -0.577. The number of carbonyl (C=O) groups excluding carboxylic acids is 2. The Morgan fingerprint density at radius 3 is 2.63 bits per heavy atom. The van der Waals surface area contributed by atoms with Crippen molar-refractivity contribution in [1.29, 1.82) is 0 Å². The summed E-state index contributed by atoms with van der Waals surface area (Å²) >= 11 is 0. The number of nitrogens with zero attached hydrogens (tertiary/aromatic N) is 3. The van der Waals surface area contributed by atoms with Crippen LogP contribution in [0.4, 0.5) is 17.3 Å². The van der Waals surface area contributed by atoms with Crippen molar-refractivity contribution in [2.24, 2.45) is 13.0 Å². The van der Waals surface area contributed by atoms with Crippen molar-refractivity contribution < 1.29 is 9.59 Å². The third-order valence-electron chi connectivity index (χ3n) is 6.27. The van der Waals surface area contributed by atoms with Crippen LogP contribution in [0.2, 0.25) is 0 Å². The van der Waals surface area contributed by atoms with E-state index in [1.54, 1.807) is 23.9 Å². The van der Waals surface area contributed by atoms with Crippen molar-refractivity contribution >= 4 is 29.1 Å². The molecule has 0 unspecified atom stereocenters. The SMILES string of the molecule is Cn1cc(Nc2cc(NC(=O)C3CC3)ncn2)c(=O)c2c1C(=O)NC21CCCCC1. The molecule has 0 saturated heterocycles. The summed E-state index contributed by atoms with van der Waals surface area (Å²) in [5.74, 6) is 0.630. The number of aryl methyl sites for hydroxylation is 1. The number of amides is 2. The van der Waals surface area contributed by atoms with Crippen LogP contribution in [0.3, 0.4) is 0 Å². The van der Waals surface area contributed by atoms with Crippen LogP contribution in [0.25, 0.3) is 0 Å². The number of nitrogens with one attached hydrogen (secondary N) is 3. The van der Waals surface area contributed by atoms with Crippen LogP contribution in [0.15, 0.2) is 23.4 Å². The van der Waals surface area contributed by atoms with E-state index in [-0.39, 0.29) is 23.2 Å². The van der Waals surface area contributed by atoms with Gasteiger partial charge in [-0.3, -0.25) is 14.4 Å². The molecule has 2 aliphatic carbocycles. The van der Waals surface area contributed by atoms with Crippen LogP contribution >= 0.6 is 0 Å². The van der Waals surface area contributed by atoms with Gasteiger partial charge in [0.25, 0.3) is 5.91 Å². The Morgan fingerprint density at radius 1 is 1.17 bits per heavy atom. The van der Waals surface area contributed by atoms with Crippen LogP contribution in [0, 0.1) is 5.92 Å². The molecule has 0 bridgehead atoms. The van der Waals surface area contributed by atoms with Crippen LogP contribution in [0.5, 0.6) is 0 Å². The third-order valence-corrected chi connectivity index (χ3v) is 6.27. The first-order valence-electron chi connectivity index (χ1n) is 10.4. The summed E-state index contributed by atoms with van der Waals surface area (Å²) in [5.41, 5.74) is 0.566. The van der Waals surface area contributed by atoms with Crippen LogP contribution in [-0.2, 0) is 17.4 Å². The molecular formula is C21H24N6O3. The monoisotopic (exact) mass is 408 g/mol. The normalized spacial score (nSPS) is 19.3. The molecule has 2 amide bonds. The summed E-state index contributed by atoms with van der Waals surface area (Å²) in [4.78, 5) is 46.3. The number of hydrogen-bond acceptors (Lipinski definition) is 6. The van der Waals surface area contributed by atoms with E-state index in [1.807, 2.05) is 0 Å². The average Bonchev–Trinajstić information content (AvgIpc) is 3.52. The Morgan fingerprint density at radius 2 is 1.90 bits per heavy atom. The minimum Gasteiger partial charge on any atom is -0.344 e. The van der Waals surface area contributed by atoms with Crippen LogP contribution in [0.1, 0.15) is 61.0 Å². The van der Waals surface area contributed by atoms with E-state index in [0.717, 1.165) is 44.9 Å². The number of rotatable bonds is 4. The largest absolute Gasteiger partial charge is 0.344 e. The van der Waals surface area contributed by atoms with Crippen molar-refractivity contribution in [2.45, 2.75) is 50.5 Å². The second-order valence-corrected chi connectivity index (χ2v) is 8.48. The molecule has 30 heavy (non-hydrogen) atoms. The summed E-state index contributed by atoms with van der Waals surface area (Å²) in [6, 6.07) is 1.60. The van der Waals surface area contributed by atoms with Gasteiger partial charge in [-0.25, -0.2) is 9.97 Å². The second-order valence-electron chi connectivity index (χ2n) is 8.48. The van der Waals surface area contributed by atoms with E-state index >= 15 is 0 Å². The lowest BCUT2D eigenvalue weighted by Gasteiger charge is -2.33. The number of hydrogen-bond donors (Lipinski definition) is 3. The fourth-order valence-corrected chi connectivity index (χ4v) is 4.62. The molecular weight excluding hydrogens is 384 g/mol. The van der Waals surface area contributed by atoms with Gasteiger partial charge >= 0.3 is 0 Å². The van der Waals surface area contributed by atoms with E-state index in [1.165, 1.54) is 6.33 Å². The fraction of sp³-hybridized carbons (Fsp3) is 0.476. The number of carbonyl (C=O) groups is 2. The summed E-state index contributed by atoms with van der Waals surface area (Å²) in [5, 5.41) is 8.94. The molecule has 3 N–H and O–H groups in total. The maximum Gasteiger partial charge on any atom is 0.269 e. The quantitative estimate of drug-likeness (QED) is 0.714. The first-order valence-corrected chi connectivity index (χ1v) is 10.4. The third kappa shape index (κ3) is 3.14. The molecule has 2 saturated carbocycles. The summed E-state index contributed by atoms with van der Waals surface area (Å²) < 4.78 is 1.70. The van der Waals surface area contributed by atoms with Gasteiger partial charge in [-0.1, -0.05) is 19.3 Å². The predicted octanol–water partition coefficient (Wildman–Crippen LogP) is 2.17. The maximum absolute atomic E-state index is 13.4. The molecule has 2 aromatic heterocycles. The Hall–Kier alpha value is -3.23. The highest BCUT2D eigenvalue weighted by Crippen LogP contribution is 2.41. The number of anilines is 3. The molecule has 3 aliphatic rings. The van der Waals surface area contributed by atoms with Gasteiger partial charge < -0.3 is 20.5 Å². The molecule has 9 heteroatoms. The van der Waals surface area contributed by atoms with Gasteiger partial charge in [0.15, 0.2) is 0 Å². The lowest BCUT2D eigenvalue weighted by atomic mass is 9.78. The molecule has 156 valence electrons. The van der Waals surface area contributed by atoms with Crippen molar-refractivity contribution in [3.8, 4) is 0 Å². The van der Waals surface area contributed by atoms with Crippen molar-refractivity contribution in [1.82, 2.24) is 19.9 Å². The van der Waals surface area contributed by atoms with E-state index in [9.17, 15) is 14.4 Å². The van der Waals surface area contributed by atoms with Gasteiger partial charge in [0.05, 0.1) is 11.1 Å². The molecule has 2 fully saturated rings. The lowest BCUT2D eigenvalue weighted by molar-refractivity contribution is -0.117. The first-order chi connectivity index (χ1) is 14.5. The number of aromatic nitrogens is 3. The fourth-order valence-electron chi connectivity index (χ4n) is 4.62. The van der Waals surface area contributed by atoms with Gasteiger partial charge in [0.1, 0.15) is 29.3 Å². The zero-order valence-corrected chi connectivity index (χ0v) is 16.8. The predicted molar refractivity (Wildman–Crippen MR) is 111 cm³/mol. The summed E-state index contributed by atoms with van der Waals surface area (Å²) in [7, 11) is 1.77. The summed E-state index contributed by atoms with van der Waals surface area (Å²) in [6.45, 7) is 0.